The average molecular weight is 305 g/mol. The molecule has 22 heavy (non-hydrogen) atoms. The van der Waals surface area contributed by atoms with Crippen molar-refractivity contribution in [1.29, 1.82) is 0 Å². The van der Waals surface area contributed by atoms with Gasteiger partial charge in [-0.25, -0.2) is 9.59 Å². The van der Waals surface area contributed by atoms with Gasteiger partial charge in [-0.15, -0.1) is 0 Å². The molecule has 0 saturated heterocycles. The maximum absolute atomic E-state index is 12.2. The summed E-state index contributed by atoms with van der Waals surface area (Å²) >= 11 is 0. The highest BCUT2D eigenvalue weighted by Crippen LogP contribution is 2.22. The molecule has 0 amide bonds. The minimum atomic E-state index is -0.412. The molecule has 120 valence electrons. The van der Waals surface area contributed by atoms with E-state index in [-0.39, 0.29) is 0 Å². The quantitative estimate of drug-likeness (QED) is 0.669. The number of nitrogens with one attached hydrogen (secondary N) is 1. The van der Waals surface area contributed by atoms with E-state index in [0.29, 0.717) is 41.6 Å². The fraction of sp³-hybridized carbons (Fsp3) is 0.529. The molecule has 1 heterocycles. The van der Waals surface area contributed by atoms with Crippen molar-refractivity contribution in [1.82, 2.24) is 4.98 Å². The molecule has 1 unspecified atom stereocenters. The molecule has 0 saturated carbocycles. The zero-order valence-electron chi connectivity index (χ0n) is 13.4. The molecule has 2 rings (SSSR count). The van der Waals surface area contributed by atoms with Gasteiger partial charge in [0, 0.05) is 5.69 Å². The first-order chi connectivity index (χ1) is 10.5. The van der Waals surface area contributed by atoms with E-state index in [0.717, 1.165) is 19.3 Å². The van der Waals surface area contributed by atoms with Gasteiger partial charge in [-0.3, -0.25) is 0 Å². The minimum Gasteiger partial charge on any atom is -0.462 e. The molecule has 0 radical (unpaired) electrons. The lowest BCUT2D eigenvalue weighted by molar-refractivity contribution is 0.0425. The summed E-state index contributed by atoms with van der Waals surface area (Å²) in [7, 11) is 0. The van der Waals surface area contributed by atoms with Crippen LogP contribution in [0.1, 0.15) is 58.3 Å². The standard InChI is InChI=1S/C17H23NO4/c1-4-21-16(19)14-11(2)15(18-12(14)3)17(20)22-10-13-8-6-5-7-9-13/h5-6,13,18H,4,7-10H2,1-3H3. The van der Waals surface area contributed by atoms with Crippen LogP contribution in [0.5, 0.6) is 0 Å². The van der Waals surface area contributed by atoms with Crippen molar-refractivity contribution < 1.29 is 19.1 Å². The number of aryl methyl sites for hydroxylation is 1. The molecule has 1 N–H and O–H groups in total. The van der Waals surface area contributed by atoms with Crippen LogP contribution in [0.4, 0.5) is 0 Å². The molecule has 1 aliphatic carbocycles. The Labute approximate surface area is 130 Å². The Morgan fingerprint density at radius 1 is 1.23 bits per heavy atom. The van der Waals surface area contributed by atoms with E-state index in [4.69, 9.17) is 9.47 Å². The third-order valence-corrected chi connectivity index (χ3v) is 3.95. The lowest BCUT2D eigenvalue weighted by Gasteiger charge is -2.17. The van der Waals surface area contributed by atoms with E-state index in [1.54, 1.807) is 20.8 Å². The molecule has 0 aliphatic heterocycles. The van der Waals surface area contributed by atoms with Crippen molar-refractivity contribution in [2.75, 3.05) is 13.2 Å². The second-order valence-electron chi connectivity index (χ2n) is 5.59. The van der Waals surface area contributed by atoms with Gasteiger partial charge < -0.3 is 14.5 Å². The molecule has 0 fully saturated rings. The molecule has 1 aromatic heterocycles. The zero-order chi connectivity index (χ0) is 16.1. The highest BCUT2D eigenvalue weighted by Gasteiger charge is 2.24. The lowest BCUT2D eigenvalue weighted by atomic mass is 9.95. The minimum absolute atomic E-state index is 0.303. The van der Waals surface area contributed by atoms with E-state index in [2.05, 4.69) is 17.1 Å². The fourth-order valence-corrected chi connectivity index (χ4v) is 2.74. The van der Waals surface area contributed by atoms with Crippen molar-refractivity contribution in [3.05, 3.63) is 34.7 Å². The number of hydrogen-bond acceptors (Lipinski definition) is 4. The van der Waals surface area contributed by atoms with Crippen LogP contribution in [-0.4, -0.2) is 30.1 Å². The number of rotatable bonds is 5. The summed E-state index contributed by atoms with van der Waals surface area (Å²) in [5, 5.41) is 0. The topological polar surface area (TPSA) is 68.4 Å². The van der Waals surface area contributed by atoms with Crippen LogP contribution in [-0.2, 0) is 9.47 Å². The number of hydrogen-bond donors (Lipinski definition) is 1. The summed E-state index contributed by atoms with van der Waals surface area (Å²) in [6.45, 7) is 5.95. The molecular weight excluding hydrogens is 282 g/mol. The average Bonchev–Trinajstić information content (AvgIpc) is 2.81. The van der Waals surface area contributed by atoms with Crippen LogP contribution < -0.4 is 0 Å². The number of esters is 2. The van der Waals surface area contributed by atoms with E-state index >= 15 is 0 Å². The van der Waals surface area contributed by atoms with Crippen LogP contribution in [0.25, 0.3) is 0 Å². The van der Waals surface area contributed by atoms with Gasteiger partial charge in [-0.2, -0.15) is 0 Å². The van der Waals surface area contributed by atoms with E-state index in [1.165, 1.54) is 0 Å². The van der Waals surface area contributed by atoms with E-state index in [9.17, 15) is 9.59 Å². The van der Waals surface area contributed by atoms with Crippen molar-refractivity contribution in [2.24, 2.45) is 5.92 Å². The Morgan fingerprint density at radius 3 is 2.64 bits per heavy atom. The highest BCUT2D eigenvalue weighted by atomic mass is 16.5. The van der Waals surface area contributed by atoms with Gasteiger partial charge in [0.1, 0.15) is 5.69 Å². The van der Waals surface area contributed by atoms with Crippen LogP contribution in [0, 0.1) is 19.8 Å². The van der Waals surface area contributed by atoms with E-state index < -0.39 is 11.9 Å². The molecule has 5 heteroatoms. The monoisotopic (exact) mass is 305 g/mol. The predicted octanol–water partition coefficient (Wildman–Crippen LogP) is 3.32. The highest BCUT2D eigenvalue weighted by molar-refractivity contribution is 5.98. The first-order valence-corrected chi connectivity index (χ1v) is 7.73. The van der Waals surface area contributed by atoms with Gasteiger partial charge in [0.2, 0.25) is 0 Å². The third kappa shape index (κ3) is 3.59. The maximum Gasteiger partial charge on any atom is 0.355 e. The Morgan fingerprint density at radius 2 is 2.00 bits per heavy atom. The first kappa shape index (κ1) is 16.3. The summed E-state index contributed by atoms with van der Waals surface area (Å²) in [6.07, 6.45) is 7.31. The summed E-state index contributed by atoms with van der Waals surface area (Å²) in [5.74, 6) is -0.439. The largest absolute Gasteiger partial charge is 0.462 e. The van der Waals surface area contributed by atoms with Crippen LogP contribution in [0.3, 0.4) is 0 Å². The normalized spacial score (nSPS) is 17.3. The molecule has 1 aromatic rings. The maximum atomic E-state index is 12.2. The first-order valence-electron chi connectivity index (χ1n) is 7.73. The number of carbonyl (C=O) groups excluding carboxylic acids is 2. The summed E-state index contributed by atoms with van der Waals surface area (Å²) in [5.41, 5.74) is 1.98. The molecular formula is C17H23NO4. The molecule has 1 atom stereocenters. The Balaban J connectivity index is 2.05. The molecule has 0 aromatic carbocycles. The Bertz CT molecular complexity index is 586. The zero-order valence-corrected chi connectivity index (χ0v) is 13.4. The van der Waals surface area contributed by atoms with Gasteiger partial charge in [0.15, 0.2) is 0 Å². The SMILES string of the molecule is CCOC(=O)c1c(C)[nH]c(C(=O)OCC2CC=CCC2)c1C. The van der Waals surface area contributed by atoms with Crippen molar-refractivity contribution in [3.8, 4) is 0 Å². The second-order valence-corrected chi connectivity index (χ2v) is 5.59. The van der Waals surface area contributed by atoms with Crippen LogP contribution in [0.15, 0.2) is 12.2 Å². The summed E-state index contributed by atoms with van der Waals surface area (Å²) < 4.78 is 10.4. The number of H-pyrrole nitrogens is 1. The van der Waals surface area contributed by atoms with Crippen LogP contribution >= 0.6 is 0 Å². The van der Waals surface area contributed by atoms with Crippen LogP contribution in [0.2, 0.25) is 0 Å². The Hall–Kier alpha value is -2.04. The van der Waals surface area contributed by atoms with Gasteiger partial charge in [-0.05, 0) is 51.5 Å². The molecule has 1 aliphatic rings. The summed E-state index contributed by atoms with van der Waals surface area (Å²) in [6, 6.07) is 0. The summed E-state index contributed by atoms with van der Waals surface area (Å²) in [4.78, 5) is 27.1. The number of aromatic amines is 1. The number of allylic oxidation sites excluding steroid dienone is 2. The Kier molecular flexibility index (Phi) is 5.41. The molecule has 0 spiro atoms. The lowest BCUT2D eigenvalue weighted by Crippen LogP contribution is -2.16. The predicted molar refractivity (Wildman–Crippen MR) is 83.0 cm³/mol. The van der Waals surface area contributed by atoms with Gasteiger partial charge in [0.25, 0.3) is 0 Å². The third-order valence-electron chi connectivity index (χ3n) is 3.95. The van der Waals surface area contributed by atoms with Gasteiger partial charge in [-0.1, -0.05) is 12.2 Å². The van der Waals surface area contributed by atoms with Gasteiger partial charge >= 0.3 is 11.9 Å². The molecule has 5 nitrogen and oxygen atoms in total. The number of carbonyl (C=O) groups is 2. The molecule has 0 bridgehead atoms. The van der Waals surface area contributed by atoms with Crippen molar-refractivity contribution in [2.45, 2.75) is 40.0 Å². The van der Waals surface area contributed by atoms with Gasteiger partial charge in [0.05, 0.1) is 18.8 Å². The van der Waals surface area contributed by atoms with Crippen molar-refractivity contribution >= 4 is 11.9 Å². The smallest absolute Gasteiger partial charge is 0.355 e. The second kappa shape index (κ2) is 7.29. The number of aromatic nitrogens is 1. The van der Waals surface area contributed by atoms with Crippen molar-refractivity contribution in [3.63, 3.8) is 0 Å². The number of ether oxygens (including phenoxy) is 2. The fourth-order valence-electron chi connectivity index (χ4n) is 2.74. The van der Waals surface area contributed by atoms with E-state index in [1.807, 2.05) is 0 Å².